The topological polar surface area (TPSA) is 71.1 Å². The molecule has 152 valence electrons. The average Bonchev–Trinajstić information content (AvgIpc) is 3.38. The molecule has 2 amide bonds. The molecule has 0 spiro atoms. The molecule has 0 saturated heterocycles. The van der Waals surface area contributed by atoms with E-state index in [-0.39, 0.29) is 23.4 Å². The van der Waals surface area contributed by atoms with Gasteiger partial charge in [-0.3, -0.25) is 14.6 Å². The first kappa shape index (κ1) is 19.6. The number of aromatic nitrogens is 1. The van der Waals surface area contributed by atoms with Crippen molar-refractivity contribution in [3.63, 3.8) is 0 Å². The highest BCUT2D eigenvalue weighted by Crippen LogP contribution is 2.27. The Labute approximate surface area is 170 Å². The van der Waals surface area contributed by atoms with Gasteiger partial charge in [-0.2, -0.15) is 0 Å². The monoisotopic (exact) mass is 395 g/mol. The van der Waals surface area contributed by atoms with Gasteiger partial charge in [-0.05, 0) is 68.4 Å². The maximum atomic E-state index is 14.4. The van der Waals surface area contributed by atoms with E-state index in [0.29, 0.717) is 34.8 Å². The average molecular weight is 395 g/mol. The van der Waals surface area contributed by atoms with Crippen LogP contribution in [0.25, 0.3) is 11.3 Å². The van der Waals surface area contributed by atoms with Gasteiger partial charge in [0.2, 0.25) is 0 Å². The summed E-state index contributed by atoms with van der Waals surface area (Å²) < 4.78 is 14.4. The summed E-state index contributed by atoms with van der Waals surface area (Å²) in [5.41, 5.74) is 2.29. The largest absolute Gasteiger partial charge is 0.352 e. The molecule has 1 heterocycles. The third-order valence-electron chi connectivity index (χ3n) is 5.85. The van der Waals surface area contributed by atoms with Gasteiger partial charge in [0, 0.05) is 29.9 Å². The van der Waals surface area contributed by atoms with Crippen molar-refractivity contribution in [2.24, 2.45) is 5.92 Å². The minimum Gasteiger partial charge on any atom is -0.352 e. The predicted octanol–water partition coefficient (Wildman–Crippen LogP) is 4.01. The summed E-state index contributed by atoms with van der Waals surface area (Å²) in [5, 5.41) is 5.85. The van der Waals surface area contributed by atoms with Crippen molar-refractivity contribution in [1.29, 1.82) is 0 Å². The Morgan fingerprint density at radius 2 is 1.83 bits per heavy atom. The van der Waals surface area contributed by atoms with Crippen LogP contribution in [0, 0.1) is 18.7 Å². The van der Waals surface area contributed by atoms with Crippen molar-refractivity contribution in [3.8, 4) is 11.3 Å². The van der Waals surface area contributed by atoms with Crippen LogP contribution in [-0.4, -0.2) is 29.4 Å². The number of carbonyl (C=O) groups is 2. The number of amides is 2. The van der Waals surface area contributed by atoms with E-state index >= 15 is 0 Å². The van der Waals surface area contributed by atoms with Gasteiger partial charge >= 0.3 is 0 Å². The summed E-state index contributed by atoms with van der Waals surface area (Å²) in [6.07, 6.45) is 8.28. The van der Waals surface area contributed by atoms with Gasteiger partial charge in [-0.25, -0.2) is 4.39 Å². The Bertz CT molecular complexity index is 916. The number of nitrogens with zero attached hydrogens (tertiary/aromatic N) is 1. The Kier molecular flexibility index (Phi) is 5.60. The minimum atomic E-state index is -0.441. The molecule has 6 heteroatoms. The number of pyridine rings is 1. The number of halogens is 1. The molecule has 2 fully saturated rings. The lowest BCUT2D eigenvalue weighted by Gasteiger charge is -2.12. The highest BCUT2D eigenvalue weighted by atomic mass is 19.1. The van der Waals surface area contributed by atoms with E-state index in [2.05, 4.69) is 15.6 Å². The van der Waals surface area contributed by atoms with Gasteiger partial charge in [-0.15, -0.1) is 0 Å². The normalized spacial score (nSPS) is 16.6. The maximum absolute atomic E-state index is 14.4. The van der Waals surface area contributed by atoms with Crippen molar-refractivity contribution >= 4 is 11.8 Å². The van der Waals surface area contributed by atoms with Gasteiger partial charge in [0.25, 0.3) is 11.8 Å². The van der Waals surface area contributed by atoms with E-state index in [1.807, 2.05) is 0 Å². The molecule has 0 aliphatic heterocycles. The van der Waals surface area contributed by atoms with Crippen LogP contribution < -0.4 is 10.6 Å². The zero-order valence-electron chi connectivity index (χ0n) is 16.6. The highest BCUT2D eigenvalue weighted by molar-refractivity contribution is 5.96. The van der Waals surface area contributed by atoms with E-state index in [9.17, 15) is 14.0 Å². The van der Waals surface area contributed by atoms with Crippen molar-refractivity contribution < 1.29 is 14.0 Å². The summed E-state index contributed by atoms with van der Waals surface area (Å²) >= 11 is 0. The van der Waals surface area contributed by atoms with Crippen LogP contribution in [0.15, 0.2) is 30.5 Å². The van der Waals surface area contributed by atoms with Crippen molar-refractivity contribution in [2.45, 2.75) is 51.5 Å². The zero-order chi connectivity index (χ0) is 20.4. The quantitative estimate of drug-likeness (QED) is 0.776. The first-order chi connectivity index (χ1) is 14.0. The molecule has 2 aliphatic rings. The van der Waals surface area contributed by atoms with Crippen LogP contribution in [-0.2, 0) is 0 Å². The zero-order valence-corrected chi connectivity index (χ0v) is 16.6. The van der Waals surface area contributed by atoms with Crippen molar-refractivity contribution in [3.05, 3.63) is 53.0 Å². The first-order valence-corrected chi connectivity index (χ1v) is 10.4. The van der Waals surface area contributed by atoms with E-state index in [1.165, 1.54) is 37.9 Å². The Morgan fingerprint density at radius 3 is 2.48 bits per heavy atom. The number of nitrogens with one attached hydrogen (secondary N) is 2. The molecule has 1 aromatic heterocycles. The molecule has 2 aliphatic carbocycles. The Balaban J connectivity index is 1.49. The van der Waals surface area contributed by atoms with Crippen LogP contribution in [0.4, 0.5) is 4.39 Å². The van der Waals surface area contributed by atoms with Gasteiger partial charge in [0.05, 0.1) is 11.3 Å². The molecule has 2 N–H and O–H groups in total. The van der Waals surface area contributed by atoms with Crippen LogP contribution in [0.1, 0.15) is 64.8 Å². The van der Waals surface area contributed by atoms with Crippen molar-refractivity contribution in [2.75, 3.05) is 6.54 Å². The lowest BCUT2D eigenvalue weighted by molar-refractivity contribution is 0.0940. The summed E-state index contributed by atoms with van der Waals surface area (Å²) in [4.78, 5) is 29.0. The fraction of sp³-hybridized carbons (Fsp3) is 0.435. The second kappa shape index (κ2) is 8.31. The molecule has 2 saturated carbocycles. The molecule has 5 nitrogen and oxygen atoms in total. The number of rotatable bonds is 6. The fourth-order valence-electron chi connectivity index (χ4n) is 3.81. The van der Waals surface area contributed by atoms with Crippen LogP contribution >= 0.6 is 0 Å². The first-order valence-electron chi connectivity index (χ1n) is 10.4. The molecule has 0 unspecified atom stereocenters. The SMILES string of the molecule is Cc1c(F)cc(C(=O)NC2CC2)cc1-c1ccc(C(=O)NCC2CCCC2)cn1. The standard InChI is InChI=1S/C23H26FN3O2/c1-14-19(10-17(11-20(14)24)23(29)27-18-7-8-18)21-9-6-16(13-25-21)22(28)26-12-15-4-2-3-5-15/h6,9-11,13,15,18H,2-5,7-8,12H2,1H3,(H,26,28)(H,27,29). The molecule has 1 aromatic carbocycles. The summed E-state index contributed by atoms with van der Waals surface area (Å²) in [5.74, 6) is -0.281. The number of benzene rings is 1. The number of carbonyl (C=O) groups excluding carboxylic acids is 2. The van der Waals surface area contributed by atoms with Crippen LogP contribution in [0.3, 0.4) is 0 Å². The maximum Gasteiger partial charge on any atom is 0.252 e. The van der Waals surface area contributed by atoms with Gasteiger partial charge in [-0.1, -0.05) is 12.8 Å². The molecule has 0 radical (unpaired) electrons. The molecular formula is C23H26FN3O2. The highest BCUT2D eigenvalue weighted by Gasteiger charge is 2.25. The molecule has 0 bridgehead atoms. The second-order valence-electron chi connectivity index (χ2n) is 8.17. The van der Waals surface area contributed by atoms with Gasteiger partial charge in [0.15, 0.2) is 0 Å². The van der Waals surface area contributed by atoms with E-state index in [0.717, 1.165) is 12.8 Å². The summed E-state index contributed by atoms with van der Waals surface area (Å²) in [6.45, 7) is 2.36. The third kappa shape index (κ3) is 4.63. The van der Waals surface area contributed by atoms with Gasteiger partial charge < -0.3 is 10.6 Å². The third-order valence-corrected chi connectivity index (χ3v) is 5.85. The van der Waals surface area contributed by atoms with E-state index in [1.54, 1.807) is 25.1 Å². The Morgan fingerprint density at radius 1 is 1.07 bits per heavy atom. The van der Waals surface area contributed by atoms with E-state index < -0.39 is 5.82 Å². The minimum absolute atomic E-state index is 0.142. The van der Waals surface area contributed by atoms with Crippen LogP contribution in [0.5, 0.6) is 0 Å². The molecular weight excluding hydrogens is 369 g/mol. The number of hydrogen-bond acceptors (Lipinski definition) is 3. The van der Waals surface area contributed by atoms with E-state index in [4.69, 9.17) is 0 Å². The Hall–Kier alpha value is -2.76. The smallest absolute Gasteiger partial charge is 0.252 e. The fourth-order valence-corrected chi connectivity index (χ4v) is 3.81. The van der Waals surface area contributed by atoms with Crippen LogP contribution in [0.2, 0.25) is 0 Å². The summed E-state index contributed by atoms with van der Waals surface area (Å²) in [6, 6.07) is 6.53. The number of hydrogen-bond donors (Lipinski definition) is 2. The predicted molar refractivity (Wildman–Crippen MR) is 109 cm³/mol. The molecule has 2 aromatic rings. The molecule has 29 heavy (non-hydrogen) atoms. The second-order valence-corrected chi connectivity index (χ2v) is 8.17. The summed E-state index contributed by atoms with van der Waals surface area (Å²) in [7, 11) is 0. The van der Waals surface area contributed by atoms with Gasteiger partial charge in [0.1, 0.15) is 5.82 Å². The lowest BCUT2D eigenvalue weighted by Crippen LogP contribution is -2.28. The lowest BCUT2D eigenvalue weighted by atomic mass is 10.00. The molecule has 4 rings (SSSR count). The van der Waals surface area contributed by atoms with Crippen molar-refractivity contribution in [1.82, 2.24) is 15.6 Å². The molecule has 0 atom stereocenters.